The van der Waals surface area contributed by atoms with Gasteiger partial charge in [-0.3, -0.25) is 4.79 Å². The van der Waals surface area contributed by atoms with Crippen molar-refractivity contribution >= 4 is 34.9 Å². The third kappa shape index (κ3) is 4.35. The molecule has 1 aromatic heterocycles. The highest BCUT2D eigenvalue weighted by molar-refractivity contribution is 7.17. The summed E-state index contributed by atoms with van der Waals surface area (Å²) < 4.78 is 0.691. The molecule has 2 N–H and O–H groups in total. The summed E-state index contributed by atoms with van der Waals surface area (Å²) in [7, 11) is 0. The molecule has 1 heterocycles. The van der Waals surface area contributed by atoms with Crippen molar-refractivity contribution in [2.45, 2.75) is 19.4 Å². The Morgan fingerprint density at radius 2 is 2.31 bits per heavy atom. The van der Waals surface area contributed by atoms with E-state index < -0.39 is 5.54 Å². The number of halogens is 1. The molecule has 3 nitrogen and oxygen atoms in total. The van der Waals surface area contributed by atoms with Crippen LogP contribution in [0.25, 0.3) is 6.08 Å². The van der Waals surface area contributed by atoms with Crippen molar-refractivity contribution in [3.8, 4) is 0 Å². The summed E-state index contributed by atoms with van der Waals surface area (Å²) in [6.07, 6.45) is 3.12. The van der Waals surface area contributed by atoms with Crippen molar-refractivity contribution in [2.75, 3.05) is 6.61 Å². The van der Waals surface area contributed by atoms with Crippen molar-refractivity contribution in [2.24, 2.45) is 0 Å². The molecule has 0 saturated carbocycles. The van der Waals surface area contributed by atoms with Gasteiger partial charge in [0.15, 0.2) is 0 Å². The van der Waals surface area contributed by atoms with Crippen LogP contribution in [0.4, 0.5) is 0 Å². The molecule has 5 heteroatoms. The number of amides is 1. The van der Waals surface area contributed by atoms with E-state index in [2.05, 4.69) is 5.32 Å². The quantitative estimate of drug-likeness (QED) is 0.816. The van der Waals surface area contributed by atoms with Crippen LogP contribution in [0.2, 0.25) is 4.34 Å². The standard InChI is InChI=1S/C11H14ClNO2S/c1-11(2,7-14)13-10(15)6-4-8-3-5-9(12)16-8/h3-6,14H,7H2,1-2H3,(H,13,15)/b6-4+. The van der Waals surface area contributed by atoms with E-state index in [1.54, 1.807) is 26.0 Å². The summed E-state index contributed by atoms with van der Waals surface area (Å²) in [4.78, 5) is 12.4. The molecule has 0 aliphatic carbocycles. The van der Waals surface area contributed by atoms with Gasteiger partial charge in [-0.15, -0.1) is 11.3 Å². The molecule has 0 fully saturated rings. The summed E-state index contributed by atoms with van der Waals surface area (Å²) in [5.41, 5.74) is -0.603. The molecule has 0 spiro atoms. The van der Waals surface area contributed by atoms with E-state index in [1.165, 1.54) is 17.4 Å². The molecule has 0 saturated heterocycles. The van der Waals surface area contributed by atoms with Gasteiger partial charge in [0.2, 0.25) is 5.91 Å². The number of thiophene rings is 1. The molecule has 0 aromatic carbocycles. The maximum atomic E-state index is 11.5. The Hall–Kier alpha value is -0.840. The minimum atomic E-state index is -0.603. The van der Waals surface area contributed by atoms with E-state index in [-0.39, 0.29) is 12.5 Å². The fourth-order valence-corrected chi connectivity index (χ4v) is 1.95. The molecule has 88 valence electrons. The second-order valence-corrected chi connectivity index (χ2v) is 5.75. The monoisotopic (exact) mass is 259 g/mol. The number of hydrogen-bond donors (Lipinski definition) is 2. The lowest BCUT2D eigenvalue weighted by Gasteiger charge is -2.22. The van der Waals surface area contributed by atoms with Crippen molar-refractivity contribution in [3.05, 3.63) is 27.4 Å². The lowest BCUT2D eigenvalue weighted by atomic mass is 10.1. The average molecular weight is 260 g/mol. The van der Waals surface area contributed by atoms with Crippen LogP contribution in [0, 0.1) is 0 Å². The lowest BCUT2D eigenvalue weighted by Crippen LogP contribution is -2.45. The molecular formula is C11H14ClNO2S. The third-order valence-electron chi connectivity index (χ3n) is 1.85. The van der Waals surface area contributed by atoms with Gasteiger partial charge < -0.3 is 10.4 Å². The van der Waals surface area contributed by atoms with Gasteiger partial charge >= 0.3 is 0 Å². The van der Waals surface area contributed by atoms with Gasteiger partial charge in [-0.25, -0.2) is 0 Å². The van der Waals surface area contributed by atoms with Gasteiger partial charge in [-0.05, 0) is 32.1 Å². The largest absolute Gasteiger partial charge is 0.394 e. The highest BCUT2D eigenvalue weighted by Crippen LogP contribution is 2.22. The number of aliphatic hydroxyl groups excluding tert-OH is 1. The van der Waals surface area contributed by atoms with Gasteiger partial charge in [0.25, 0.3) is 0 Å². The van der Waals surface area contributed by atoms with Crippen molar-refractivity contribution in [1.82, 2.24) is 5.32 Å². The Balaban J connectivity index is 2.55. The zero-order valence-corrected chi connectivity index (χ0v) is 10.7. The Labute approximate surface area is 104 Å². The van der Waals surface area contributed by atoms with Gasteiger partial charge in [0.05, 0.1) is 16.5 Å². The van der Waals surface area contributed by atoms with Gasteiger partial charge in [-0.2, -0.15) is 0 Å². The topological polar surface area (TPSA) is 49.3 Å². The Kier molecular flexibility index (Phi) is 4.53. The minimum absolute atomic E-state index is 0.0998. The predicted octanol–water partition coefficient (Wildman–Crippen LogP) is 2.30. The van der Waals surface area contributed by atoms with E-state index >= 15 is 0 Å². The van der Waals surface area contributed by atoms with Crippen LogP contribution in [0.15, 0.2) is 18.2 Å². The fraction of sp³-hybridized carbons (Fsp3) is 0.364. The van der Waals surface area contributed by atoms with Gasteiger partial charge in [-0.1, -0.05) is 11.6 Å². The Morgan fingerprint density at radius 1 is 1.62 bits per heavy atom. The van der Waals surface area contributed by atoms with Crippen LogP contribution in [-0.4, -0.2) is 23.2 Å². The SMILES string of the molecule is CC(C)(CO)NC(=O)/C=C/c1ccc(Cl)s1. The third-order valence-corrected chi connectivity index (χ3v) is 3.05. The van der Waals surface area contributed by atoms with Crippen LogP contribution < -0.4 is 5.32 Å². The van der Waals surface area contributed by atoms with Gasteiger partial charge in [0.1, 0.15) is 0 Å². The first-order chi connectivity index (χ1) is 7.43. The highest BCUT2D eigenvalue weighted by Gasteiger charge is 2.17. The van der Waals surface area contributed by atoms with Crippen LogP contribution in [0.3, 0.4) is 0 Å². The zero-order chi connectivity index (χ0) is 12.2. The molecule has 0 aliphatic heterocycles. The average Bonchev–Trinajstić information content (AvgIpc) is 2.61. The summed E-state index contributed by atoms with van der Waals surface area (Å²) >= 11 is 7.16. The molecule has 1 rings (SSSR count). The summed E-state index contributed by atoms with van der Waals surface area (Å²) in [5, 5.41) is 11.7. The maximum absolute atomic E-state index is 11.5. The smallest absolute Gasteiger partial charge is 0.244 e. The number of carbonyl (C=O) groups is 1. The highest BCUT2D eigenvalue weighted by atomic mass is 35.5. The summed E-state index contributed by atoms with van der Waals surface area (Å²) in [6, 6.07) is 3.62. The molecule has 0 atom stereocenters. The zero-order valence-electron chi connectivity index (χ0n) is 9.16. The van der Waals surface area contributed by atoms with E-state index in [4.69, 9.17) is 16.7 Å². The number of nitrogens with one attached hydrogen (secondary N) is 1. The molecule has 0 bridgehead atoms. The van der Waals surface area contributed by atoms with Crippen molar-refractivity contribution in [3.63, 3.8) is 0 Å². The number of rotatable bonds is 4. The van der Waals surface area contributed by atoms with E-state index in [0.717, 1.165) is 4.88 Å². The van der Waals surface area contributed by atoms with Crippen LogP contribution in [0.5, 0.6) is 0 Å². The fourth-order valence-electron chi connectivity index (χ4n) is 0.990. The van der Waals surface area contributed by atoms with Crippen LogP contribution in [0.1, 0.15) is 18.7 Å². The molecule has 0 aliphatic rings. The Morgan fingerprint density at radius 3 is 2.81 bits per heavy atom. The van der Waals surface area contributed by atoms with E-state index in [9.17, 15) is 4.79 Å². The molecule has 0 radical (unpaired) electrons. The normalized spacial score (nSPS) is 12.0. The molecule has 1 amide bonds. The van der Waals surface area contributed by atoms with E-state index in [0.29, 0.717) is 4.34 Å². The summed E-state index contributed by atoms with van der Waals surface area (Å²) in [6.45, 7) is 3.40. The molecule has 0 unspecified atom stereocenters. The predicted molar refractivity (Wildman–Crippen MR) is 67.7 cm³/mol. The first-order valence-electron chi connectivity index (χ1n) is 4.79. The van der Waals surface area contributed by atoms with E-state index in [1.807, 2.05) is 6.07 Å². The minimum Gasteiger partial charge on any atom is -0.394 e. The van der Waals surface area contributed by atoms with Crippen LogP contribution in [-0.2, 0) is 4.79 Å². The Bertz CT molecular complexity index is 398. The molecular weight excluding hydrogens is 246 g/mol. The van der Waals surface area contributed by atoms with Crippen LogP contribution >= 0.6 is 22.9 Å². The van der Waals surface area contributed by atoms with Gasteiger partial charge in [0, 0.05) is 11.0 Å². The first-order valence-corrected chi connectivity index (χ1v) is 5.99. The molecule has 1 aromatic rings. The number of aliphatic hydroxyl groups is 1. The maximum Gasteiger partial charge on any atom is 0.244 e. The lowest BCUT2D eigenvalue weighted by molar-refractivity contribution is -0.118. The number of hydrogen-bond acceptors (Lipinski definition) is 3. The second-order valence-electron chi connectivity index (χ2n) is 4.01. The first kappa shape index (κ1) is 13.2. The summed E-state index contributed by atoms with van der Waals surface area (Å²) in [5.74, 6) is -0.233. The second kappa shape index (κ2) is 5.48. The number of carbonyl (C=O) groups excluding carboxylic acids is 1. The van der Waals surface area contributed by atoms with Crippen molar-refractivity contribution < 1.29 is 9.90 Å². The van der Waals surface area contributed by atoms with Crippen molar-refractivity contribution in [1.29, 1.82) is 0 Å². The molecule has 16 heavy (non-hydrogen) atoms.